The first-order chi connectivity index (χ1) is 8.63. The molecule has 1 aromatic carbocycles. The lowest BCUT2D eigenvalue weighted by Gasteiger charge is -2.27. The van der Waals surface area contributed by atoms with Crippen molar-refractivity contribution >= 4 is 11.8 Å². The van der Waals surface area contributed by atoms with Crippen molar-refractivity contribution in [1.29, 1.82) is 0 Å². The van der Waals surface area contributed by atoms with Crippen LogP contribution in [-0.2, 0) is 14.3 Å². The van der Waals surface area contributed by atoms with Crippen LogP contribution < -0.4 is 0 Å². The van der Waals surface area contributed by atoms with E-state index in [9.17, 15) is 14.7 Å². The standard InChI is InChI=1S/C14H14O4/c1-18-14(17)13-11(7-10(15)8-12(13)16)9-5-3-2-4-6-9/h2-6,8,11,13,16H,7H2,1H3/t11-,13-/m0/s1. The molecule has 0 unspecified atom stereocenters. The van der Waals surface area contributed by atoms with Crippen molar-refractivity contribution in [3.05, 3.63) is 47.7 Å². The van der Waals surface area contributed by atoms with Crippen LogP contribution in [0.4, 0.5) is 0 Å². The van der Waals surface area contributed by atoms with Crippen LogP contribution in [0, 0.1) is 5.92 Å². The minimum Gasteiger partial charge on any atom is -0.511 e. The molecule has 4 heteroatoms. The number of ether oxygens (including phenoxy) is 1. The molecular weight excluding hydrogens is 232 g/mol. The summed E-state index contributed by atoms with van der Waals surface area (Å²) in [5.41, 5.74) is 0.848. The zero-order valence-corrected chi connectivity index (χ0v) is 10.00. The van der Waals surface area contributed by atoms with E-state index in [1.54, 1.807) is 0 Å². The van der Waals surface area contributed by atoms with Crippen molar-refractivity contribution in [2.24, 2.45) is 5.92 Å². The second-order valence-electron chi connectivity index (χ2n) is 4.26. The number of aliphatic hydroxyl groups excluding tert-OH is 1. The fourth-order valence-electron chi connectivity index (χ4n) is 2.28. The Morgan fingerprint density at radius 1 is 1.33 bits per heavy atom. The van der Waals surface area contributed by atoms with Crippen LogP contribution in [0.5, 0.6) is 0 Å². The molecule has 0 amide bonds. The lowest BCUT2D eigenvalue weighted by Crippen LogP contribution is -2.30. The fourth-order valence-corrected chi connectivity index (χ4v) is 2.28. The number of carbonyl (C=O) groups is 2. The van der Waals surface area contributed by atoms with Crippen molar-refractivity contribution < 1.29 is 19.4 Å². The summed E-state index contributed by atoms with van der Waals surface area (Å²) in [6, 6.07) is 9.21. The number of allylic oxidation sites excluding steroid dienone is 1. The first-order valence-corrected chi connectivity index (χ1v) is 5.69. The predicted octanol–water partition coefficient (Wildman–Crippen LogP) is 1.97. The van der Waals surface area contributed by atoms with Gasteiger partial charge in [-0.05, 0) is 5.56 Å². The van der Waals surface area contributed by atoms with Crippen LogP contribution in [0.25, 0.3) is 0 Å². The maximum atomic E-state index is 11.7. The molecule has 0 heterocycles. The molecule has 2 rings (SSSR count). The highest BCUT2D eigenvalue weighted by Gasteiger charge is 2.38. The number of aliphatic hydroxyl groups is 1. The summed E-state index contributed by atoms with van der Waals surface area (Å²) in [7, 11) is 1.27. The molecule has 0 fully saturated rings. The van der Waals surface area contributed by atoms with Gasteiger partial charge in [0.1, 0.15) is 11.7 Å². The van der Waals surface area contributed by atoms with E-state index in [-0.39, 0.29) is 23.9 Å². The third-order valence-corrected chi connectivity index (χ3v) is 3.13. The van der Waals surface area contributed by atoms with E-state index in [0.717, 1.165) is 11.6 Å². The third-order valence-electron chi connectivity index (χ3n) is 3.13. The largest absolute Gasteiger partial charge is 0.511 e. The Morgan fingerprint density at radius 2 is 2.00 bits per heavy atom. The number of esters is 1. The van der Waals surface area contributed by atoms with Gasteiger partial charge in [0, 0.05) is 18.4 Å². The van der Waals surface area contributed by atoms with Crippen LogP contribution in [0.15, 0.2) is 42.2 Å². The monoisotopic (exact) mass is 246 g/mol. The highest BCUT2D eigenvalue weighted by Crippen LogP contribution is 2.36. The summed E-state index contributed by atoms with van der Waals surface area (Å²) < 4.78 is 4.70. The van der Waals surface area contributed by atoms with Gasteiger partial charge in [-0.3, -0.25) is 9.59 Å². The molecule has 0 saturated heterocycles. The molecule has 0 spiro atoms. The molecule has 1 N–H and O–H groups in total. The van der Waals surface area contributed by atoms with E-state index in [0.29, 0.717) is 0 Å². The molecule has 0 saturated carbocycles. The Bertz CT molecular complexity index is 490. The number of hydrogen-bond donors (Lipinski definition) is 1. The quantitative estimate of drug-likeness (QED) is 0.810. The van der Waals surface area contributed by atoms with Gasteiger partial charge in [0.25, 0.3) is 0 Å². The van der Waals surface area contributed by atoms with Gasteiger partial charge >= 0.3 is 5.97 Å². The van der Waals surface area contributed by atoms with Crippen LogP contribution in [0.3, 0.4) is 0 Å². The van der Waals surface area contributed by atoms with Gasteiger partial charge in [0.05, 0.1) is 7.11 Å². The van der Waals surface area contributed by atoms with Crippen LogP contribution >= 0.6 is 0 Å². The van der Waals surface area contributed by atoms with Crippen molar-refractivity contribution in [1.82, 2.24) is 0 Å². The molecule has 0 aromatic heterocycles. The number of benzene rings is 1. The first-order valence-electron chi connectivity index (χ1n) is 5.69. The fraction of sp³-hybridized carbons (Fsp3) is 0.286. The molecule has 0 radical (unpaired) electrons. The van der Waals surface area contributed by atoms with Crippen molar-refractivity contribution in [3.63, 3.8) is 0 Å². The minimum absolute atomic E-state index is 0.179. The van der Waals surface area contributed by atoms with Gasteiger partial charge in [0.2, 0.25) is 0 Å². The van der Waals surface area contributed by atoms with Crippen molar-refractivity contribution in [3.8, 4) is 0 Å². The van der Waals surface area contributed by atoms with Gasteiger partial charge in [-0.15, -0.1) is 0 Å². The smallest absolute Gasteiger partial charge is 0.316 e. The molecule has 2 atom stereocenters. The van der Waals surface area contributed by atoms with E-state index in [1.807, 2.05) is 30.3 Å². The maximum absolute atomic E-state index is 11.7. The Morgan fingerprint density at radius 3 is 2.61 bits per heavy atom. The van der Waals surface area contributed by atoms with Gasteiger partial charge in [-0.2, -0.15) is 0 Å². The Kier molecular flexibility index (Phi) is 3.46. The average Bonchev–Trinajstić information content (AvgIpc) is 2.38. The summed E-state index contributed by atoms with van der Waals surface area (Å²) >= 11 is 0. The van der Waals surface area contributed by atoms with Crippen molar-refractivity contribution in [2.75, 3.05) is 7.11 Å². The number of rotatable bonds is 2. The highest BCUT2D eigenvalue weighted by molar-refractivity contribution is 5.94. The second-order valence-corrected chi connectivity index (χ2v) is 4.26. The van der Waals surface area contributed by atoms with Crippen LogP contribution in [0.2, 0.25) is 0 Å². The number of carbonyl (C=O) groups excluding carboxylic acids is 2. The summed E-state index contributed by atoms with van der Waals surface area (Å²) in [6.45, 7) is 0. The zero-order valence-electron chi connectivity index (χ0n) is 10.00. The zero-order chi connectivity index (χ0) is 13.1. The Balaban J connectivity index is 2.41. The molecule has 4 nitrogen and oxygen atoms in total. The molecule has 0 aliphatic heterocycles. The SMILES string of the molecule is COC(=O)[C@@H]1C(O)=CC(=O)C[C@H]1c1ccccc1. The molecule has 0 bridgehead atoms. The molecule has 1 aromatic rings. The van der Waals surface area contributed by atoms with E-state index in [4.69, 9.17) is 4.74 Å². The van der Waals surface area contributed by atoms with Crippen molar-refractivity contribution in [2.45, 2.75) is 12.3 Å². The minimum atomic E-state index is -0.796. The van der Waals surface area contributed by atoms with E-state index in [1.165, 1.54) is 7.11 Å². The molecular formula is C14H14O4. The maximum Gasteiger partial charge on any atom is 0.316 e. The topological polar surface area (TPSA) is 63.6 Å². The van der Waals surface area contributed by atoms with Gasteiger partial charge in [-0.1, -0.05) is 30.3 Å². The average molecular weight is 246 g/mol. The molecule has 18 heavy (non-hydrogen) atoms. The summed E-state index contributed by atoms with van der Waals surface area (Å²) in [6.07, 6.45) is 1.31. The van der Waals surface area contributed by atoms with Gasteiger partial charge in [0.15, 0.2) is 5.78 Å². The summed E-state index contributed by atoms with van der Waals surface area (Å²) in [5, 5.41) is 9.81. The van der Waals surface area contributed by atoms with E-state index >= 15 is 0 Å². The lowest BCUT2D eigenvalue weighted by atomic mass is 9.77. The van der Waals surface area contributed by atoms with Crippen LogP contribution in [-0.4, -0.2) is 24.0 Å². The van der Waals surface area contributed by atoms with E-state index < -0.39 is 11.9 Å². The highest BCUT2D eigenvalue weighted by atomic mass is 16.5. The molecule has 1 aliphatic carbocycles. The molecule has 94 valence electrons. The Labute approximate surface area is 105 Å². The third kappa shape index (κ3) is 2.27. The number of methoxy groups -OCH3 is 1. The number of ketones is 1. The van der Waals surface area contributed by atoms with Crippen LogP contribution in [0.1, 0.15) is 17.9 Å². The van der Waals surface area contributed by atoms with E-state index in [2.05, 4.69) is 0 Å². The number of hydrogen-bond acceptors (Lipinski definition) is 4. The summed E-state index contributed by atoms with van der Waals surface area (Å²) in [5.74, 6) is -2.08. The van der Waals surface area contributed by atoms with Gasteiger partial charge in [-0.25, -0.2) is 0 Å². The normalized spacial score (nSPS) is 23.4. The predicted molar refractivity (Wildman–Crippen MR) is 65.0 cm³/mol. The lowest BCUT2D eigenvalue weighted by molar-refractivity contribution is -0.146. The summed E-state index contributed by atoms with van der Waals surface area (Å²) in [4.78, 5) is 23.3. The second kappa shape index (κ2) is 5.04. The first kappa shape index (κ1) is 12.4. The Hall–Kier alpha value is -2.10. The van der Waals surface area contributed by atoms with Gasteiger partial charge < -0.3 is 9.84 Å². The molecule has 1 aliphatic rings.